The van der Waals surface area contributed by atoms with E-state index in [1.807, 2.05) is 0 Å². The van der Waals surface area contributed by atoms with Crippen LogP contribution in [0, 0.1) is 0 Å². The van der Waals surface area contributed by atoms with Crippen LogP contribution >= 0.6 is 7.82 Å². The van der Waals surface area contributed by atoms with E-state index in [-0.39, 0.29) is 6.15 Å². The molecule has 0 fully saturated rings. The van der Waals surface area contributed by atoms with Gasteiger partial charge in [-0.15, -0.1) is 0 Å². The van der Waals surface area contributed by atoms with Gasteiger partial charge in [0, 0.05) is 7.11 Å². The Balaban J connectivity index is -0.0000000750. The summed E-state index contributed by atoms with van der Waals surface area (Å²) in [4.78, 5) is 21.6. The predicted octanol–water partition coefficient (Wildman–Crippen LogP) is -1.16. The van der Waals surface area contributed by atoms with Crippen LogP contribution < -0.4 is 6.15 Å². The van der Waals surface area contributed by atoms with Crippen LogP contribution in [0.3, 0.4) is 0 Å². The molecular weight excluding hydrogens is 137 g/mol. The quantitative estimate of drug-likeness (QED) is 0.274. The van der Waals surface area contributed by atoms with E-state index < -0.39 is 7.82 Å². The van der Waals surface area contributed by atoms with Gasteiger partial charge in [-0.25, -0.2) is 4.57 Å². The first-order chi connectivity index (χ1) is 3.00. The average Bonchev–Trinajstić information content (AvgIpc) is 1.36. The normalized spacial score (nSPS) is 8.12. The Labute approximate surface area is 46.6 Å². The predicted molar refractivity (Wildman–Crippen MR) is 27.4 cm³/mol. The lowest BCUT2D eigenvalue weighted by Gasteiger charge is -1.82. The van der Waals surface area contributed by atoms with Crippen molar-refractivity contribution in [2.75, 3.05) is 7.11 Å². The maximum absolute atomic E-state index is 8.88. The van der Waals surface area contributed by atoms with E-state index in [0.717, 1.165) is 7.11 Å². The number of hydrogen-bond donors (Lipinski definition) is 5. The van der Waals surface area contributed by atoms with Gasteiger partial charge in [0.2, 0.25) is 0 Å². The molecule has 7 heteroatoms. The van der Waals surface area contributed by atoms with Crippen LogP contribution in [0.5, 0.6) is 0 Å². The van der Waals surface area contributed by atoms with Gasteiger partial charge in [0.15, 0.2) is 0 Å². The highest BCUT2D eigenvalue weighted by Crippen LogP contribution is 2.25. The molecular formula is CH10NO5P. The van der Waals surface area contributed by atoms with E-state index in [1.165, 1.54) is 0 Å². The second kappa shape index (κ2) is 7.03. The smallest absolute Gasteiger partial charge is 0.400 e. The second-order valence-electron chi connectivity index (χ2n) is 0.513. The van der Waals surface area contributed by atoms with Gasteiger partial charge in [-0.1, -0.05) is 0 Å². The first-order valence-electron chi connectivity index (χ1n) is 1.23. The Kier molecular flexibility index (Phi) is 13.8. The largest absolute Gasteiger partial charge is 0.466 e. The molecule has 0 spiro atoms. The Morgan fingerprint density at radius 1 is 1.12 bits per heavy atom. The van der Waals surface area contributed by atoms with Crippen molar-refractivity contribution in [3.63, 3.8) is 0 Å². The van der Waals surface area contributed by atoms with Gasteiger partial charge in [0.1, 0.15) is 0 Å². The van der Waals surface area contributed by atoms with E-state index in [4.69, 9.17) is 24.4 Å². The molecule has 0 bridgehead atoms. The number of aliphatic hydroxyl groups is 1. The van der Waals surface area contributed by atoms with Crippen LogP contribution in [0.25, 0.3) is 0 Å². The third-order valence-corrected chi connectivity index (χ3v) is 0. The van der Waals surface area contributed by atoms with Crippen molar-refractivity contribution in [1.29, 1.82) is 0 Å². The summed E-state index contributed by atoms with van der Waals surface area (Å²) < 4.78 is 8.88. The Morgan fingerprint density at radius 2 is 1.12 bits per heavy atom. The maximum atomic E-state index is 8.88. The van der Waals surface area contributed by atoms with Gasteiger partial charge in [-0.05, 0) is 0 Å². The number of rotatable bonds is 0. The first kappa shape index (κ1) is 15.7. The van der Waals surface area contributed by atoms with E-state index in [0.29, 0.717) is 0 Å². The van der Waals surface area contributed by atoms with Gasteiger partial charge in [0.05, 0.1) is 0 Å². The summed E-state index contributed by atoms with van der Waals surface area (Å²) in [6.45, 7) is 0. The lowest BCUT2D eigenvalue weighted by atomic mass is 11.8. The van der Waals surface area contributed by atoms with Gasteiger partial charge < -0.3 is 25.9 Å². The summed E-state index contributed by atoms with van der Waals surface area (Å²) in [6, 6.07) is 0. The van der Waals surface area contributed by atoms with Crippen LogP contribution in [-0.4, -0.2) is 26.9 Å². The molecule has 0 saturated heterocycles. The summed E-state index contributed by atoms with van der Waals surface area (Å²) in [6.07, 6.45) is 0. The van der Waals surface area contributed by atoms with Crippen molar-refractivity contribution < 1.29 is 24.4 Å². The number of hydrogen-bond acceptors (Lipinski definition) is 3. The molecule has 0 heterocycles. The monoisotopic (exact) mass is 147 g/mol. The van der Waals surface area contributed by atoms with Gasteiger partial charge >= 0.3 is 7.82 Å². The van der Waals surface area contributed by atoms with E-state index in [1.54, 1.807) is 0 Å². The second-order valence-corrected chi connectivity index (χ2v) is 1.54. The van der Waals surface area contributed by atoms with Crippen molar-refractivity contribution in [2.24, 2.45) is 0 Å². The molecule has 6 nitrogen and oxygen atoms in total. The molecule has 0 aromatic heterocycles. The molecule has 0 rings (SSSR count). The van der Waals surface area contributed by atoms with Crippen LogP contribution in [0.15, 0.2) is 0 Å². The maximum Gasteiger partial charge on any atom is 0.466 e. The summed E-state index contributed by atoms with van der Waals surface area (Å²) in [5.74, 6) is 0. The van der Waals surface area contributed by atoms with Crippen molar-refractivity contribution in [1.82, 2.24) is 6.15 Å². The van der Waals surface area contributed by atoms with Crippen LogP contribution in [-0.2, 0) is 4.57 Å². The fourth-order valence-electron chi connectivity index (χ4n) is 0. The number of phosphoric acid groups is 1. The lowest BCUT2D eigenvalue weighted by Crippen LogP contribution is -1.66. The van der Waals surface area contributed by atoms with E-state index in [2.05, 4.69) is 0 Å². The molecule has 0 saturated carbocycles. The fourth-order valence-corrected chi connectivity index (χ4v) is 0. The van der Waals surface area contributed by atoms with Crippen LogP contribution in [0.4, 0.5) is 0 Å². The molecule has 7 N–H and O–H groups in total. The summed E-state index contributed by atoms with van der Waals surface area (Å²) in [5, 5.41) is 7.00. The molecule has 0 aliphatic rings. The summed E-state index contributed by atoms with van der Waals surface area (Å²) in [7, 11) is -3.64. The van der Waals surface area contributed by atoms with Crippen molar-refractivity contribution >= 4 is 7.82 Å². The third-order valence-electron chi connectivity index (χ3n) is 0. The zero-order chi connectivity index (χ0) is 6.50. The minimum absolute atomic E-state index is 0. The number of aliphatic hydroxyl groups excluding tert-OH is 1. The zero-order valence-corrected chi connectivity index (χ0v) is 5.25. The topological polar surface area (TPSA) is 133 Å². The van der Waals surface area contributed by atoms with Gasteiger partial charge in [-0.3, -0.25) is 0 Å². The Bertz CT molecular complexity index is 58.6. The Hall–Kier alpha value is 0.0300. The molecule has 0 aromatic rings. The highest BCUT2D eigenvalue weighted by molar-refractivity contribution is 7.45. The SMILES string of the molecule is CO.N.O=P(O)(O)O. The van der Waals surface area contributed by atoms with Crippen LogP contribution in [0.2, 0.25) is 0 Å². The van der Waals surface area contributed by atoms with Crippen molar-refractivity contribution in [2.45, 2.75) is 0 Å². The molecule has 0 aliphatic carbocycles. The van der Waals surface area contributed by atoms with Gasteiger partial charge in [-0.2, -0.15) is 0 Å². The van der Waals surface area contributed by atoms with Gasteiger partial charge in [0.25, 0.3) is 0 Å². The van der Waals surface area contributed by atoms with Crippen molar-refractivity contribution in [3.8, 4) is 0 Å². The zero-order valence-electron chi connectivity index (χ0n) is 4.35. The molecule has 0 amide bonds. The lowest BCUT2D eigenvalue weighted by molar-refractivity contribution is 0.275. The molecule has 0 unspecified atom stereocenters. The minimum atomic E-state index is -4.64. The third kappa shape index (κ3) is 170000. The first-order valence-corrected chi connectivity index (χ1v) is 2.79. The molecule has 0 atom stereocenters. The Morgan fingerprint density at radius 3 is 1.12 bits per heavy atom. The van der Waals surface area contributed by atoms with Crippen LogP contribution in [0.1, 0.15) is 0 Å². The molecule has 8 heavy (non-hydrogen) atoms. The molecule has 0 aromatic carbocycles. The van der Waals surface area contributed by atoms with E-state index >= 15 is 0 Å². The molecule has 0 radical (unpaired) electrons. The highest BCUT2D eigenvalue weighted by Gasteiger charge is 2.00. The highest BCUT2D eigenvalue weighted by atomic mass is 31.2. The average molecular weight is 147 g/mol. The molecule has 54 valence electrons. The molecule has 0 aliphatic heterocycles. The standard InChI is InChI=1S/CH4O.H3N.H3O4P/c1-2;;1-5(2,3)4/h2H,1H3;1H3;(H3,1,2,3,4). The van der Waals surface area contributed by atoms with Crippen molar-refractivity contribution in [3.05, 3.63) is 0 Å². The van der Waals surface area contributed by atoms with E-state index in [9.17, 15) is 0 Å². The summed E-state index contributed by atoms with van der Waals surface area (Å²) >= 11 is 0. The minimum Gasteiger partial charge on any atom is -0.400 e. The fraction of sp³-hybridized carbons (Fsp3) is 1.00. The summed E-state index contributed by atoms with van der Waals surface area (Å²) in [5.41, 5.74) is 0.